The number of carbonyl (C=O) groups is 2. The van der Waals surface area contributed by atoms with Gasteiger partial charge in [0.25, 0.3) is 0 Å². The number of nitrogens with one attached hydrogen (secondary N) is 1. The van der Waals surface area contributed by atoms with Gasteiger partial charge in [-0.1, -0.05) is 0 Å². The van der Waals surface area contributed by atoms with E-state index in [0.717, 1.165) is 32.9 Å². The van der Waals surface area contributed by atoms with Gasteiger partial charge in [-0.25, -0.2) is 4.79 Å². The number of carbonyl (C=O) groups excluding carboxylic acids is 1. The van der Waals surface area contributed by atoms with Gasteiger partial charge in [0.2, 0.25) is 5.91 Å². The molecule has 0 radical (unpaired) electrons. The smallest absolute Gasteiger partial charge is 0.337 e. The van der Waals surface area contributed by atoms with Gasteiger partial charge in [0.1, 0.15) is 0 Å². The second-order valence-corrected chi connectivity index (χ2v) is 4.97. The van der Waals surface area contributed by atoms with Crippen LogP contribution >= 0.6 is 0 Å². The predicted octanol–water partition coefficient (Wildman–Crippen LogP) is -1.64. The van der Waals surface area contributed by atoms with E-state index in [0.29, 0.717) is 0 Å². The van der Waals surface area contributed by atoms with Gasteiger partial charge in [0.15, 0.2) is 5.60 Å². The van der Waals surface area contributed by atoms with Crippen LogP contribution in [-0.4, -0.2) is 64.8 Å². The Morgan fingerprint density at radius 3 is 2.50 bits per heavy atom. The van der Waals surface area contributed by atoms with Crippen LogP contribution in [0, 0.1) is 0 Å². The zero-order chi connectivity index (χ0) is 13.8. The number of piperidine rings is 1. The number of carboxylic acids is 1. The van der Waals surface area contributed by atoms with Crippen molar-refractivity contribution in [1.29, 1.82) is 0 Å². The van der Waals surface area contributed by atoms with Gasteiger partial charge >= 0.3 is 5.97 Å². The number of carboxylic acid groups (broad SMARTS) is 1. The van der Waals surface area contributed by atoms with Crippen molar-refractivity contribution in [1.82, 2.24) is 10.2 Å². The lowest BCUT2D eigenvalue weighted by Gasteiger charge is -2.29. The van der Waals surface area contributed by atoms with Crippen LogP contribution in [0.2, 0.25) is 0 Å². The van der Waals surface area contributed by atoms with E-state index in [1.54, 1.807) is 0 Å². The molecule has 7 heteroatoms. The first-order valence-electron chi connectivity index (χ1n) is 6.01. The van der Waals surface area contributed by atoms with Crippen LogP contribution in [0.4, 0.5) is 0 Å². The van der Waals surface area contributed by atoms with E-state index < -0.39 is 11.6 Å². The number of nitrogens with zero attached hydrogens (tertiary/aromatic N) is 1. The van der Waals surface area contributed by atoms with Crippen LogP contribution in [0.5, 0.6) is 0 Å². The van der Waals surface area contributed by atoms with Crippen LogP contribution in [0.3, 0.4) is 0 Å². The molecule has 1 atom stereocenters. The molecule has 1 heterocycles. The molecule has 7 nitrogen and oxygen atoms in total. The largest absolute Gasteiger partial charge is 0.479 e. The molecule has 0 spiro atoms. The van der Waals surface area contributed by atoms with Gasteiger partial charge in [-0.3, -0.25) is 9.69 Å². The summed E-state index contributed by atoms with van der Waals surface area (Å²) >= 11 is 0. The fraction of sp³-hybridized carbons (Fsp3) is 0.818. The van der Waals surface area contributed by atoms with Crippen molar-refractivity contribution in [2.24, 2.45) is 5.73 Å². The molecule has 1 amide bonds. The highest BCUT2D eigenvalue weighted by Crippen LogP contribution is 2.07. The van der Waals surface area contributed by atoms with Crippen LogP contribution < -0.4 is 11.1 Å². The number of hydrogen-bond acceptors (Lipinski definition) is 5. The zero-order valence-electron chi connectivity index (χ0n) is 10.6. The molecule has 104 valence electrons. The maximum Gasteiger partial charge on any atom is 0.337 e. The number of aliphatic carboxylic acids is 1. The summed E-state index contributed by atoms with van der Waals surface area (Å²) in [6, 6.07) is 0.206. The molecule has 1 unspecified atom stereocenters. The molecule has 0 aromatic rings. The number of likely N-dealkylation sites (tertiary alicyclic amines) is 1. The van der Waals surface area contributed by atoms with Crippen molar-refractivity contribution < 1.29 is 19.8 Å². The summed E-state index contributed by atoms with van der Waals surface area (Å²) in [6.45, 7) is 2.60. The second-order valence-electron chi connectivity index (χ2n) is 4.97. The Kier molecular flexibility index (Phi) is 5.06. The number of hydrogen-bond donors (Lipinski definition) is 4. The number of aliphatic hydroxyl groups is 1. The number of rotatable bonds is 5. The number of nitrogens with two attached hydrogens (primary N) is 1. The van der Waals surface area contributed by atoms with Crippen LogP contribution in [0.15, 0.2) is 0 Å². The van der Waals surface area contributed by atoms with Crippen molar-refractivity contribution >= 4 is 11.9 Å². The molecule has 1 aliphatic rings. The molecule has 0 aliphatic carbocycles. The van der Waals surface area contributed by atoms with Gasteiger partial charge < -0.3 is 21.3 Å². The van der Waals surface area contributed by atoms with E-state index in [1.165, 1.54) is 0 Å². The van der Waals surface area contributed by atoms with Crippen LogP contribution in [0.1, 0.15) is 19.8 Å². The van der Waals surface area contributed by atoms with E-state index in [-0.39, 0.29) is 25.0 Å². The van der Waals surface area contributed by atoms with Gasteiger partial charge in [0, 0.05) is 19.1 Å². The Morgan fingerprint density at radius 1 is 1.44 bits per heavy atom. The molecule has 0 aromatic carbocycles. The van der Waals surface area contributed by atoms with E-state index in [1.807, 2.05) is 4.90 Å². The standard InChI is InChI=1S/C11H21N3O4/c1-11(18,10(16)17)7-13-9(15)6-14-4-2-8(12)3-5-14/h8,18H,2-7,12H2,1H3,(H,13,15)(H,16,17). The minimum atomic E-state index is -1.93. The molecular weight excluding hydrogens is 238 g/mol. The van der Waals surface area contributed by atoms with Crippen molar-refractivity contribution in [2.45, 2.75) is 31.4 Å². The van der Waals surface area contributed by atoms with Gasteiger partial charge in [-0.2, -0.15) is 0 Å². The third-order valence-electron chi connectivity index (χ3n) is 3.09. The molecule has 1 saturated heterocycles. The predicted molar refractivity (Wildman–Crippen MR) is 64.9 cm³/mol. The summed E-state index contributed by atoms with van der Waals surface area (Å²) in [4.78, 5) is 24.2. The Labute approximate surface area is 106 Å². The minimum Gasteiger partial charge on any atom is -0.479 e. The van der Waals surface area contributed by atoms with Gasteiger partial charge in [-0.15, -0.1) is 0 Å². The highest BCUT2D eigenvalue weighted by atomic mass is 16.4. The molecule has 5 N–H and O–H groups in total. The fourth-order valence-electron chi connectivity index (χ4n) is 1.72. The average Bonchev–Trinajstić information content (AvgIpc) is 2.29. The third-order valence-corrected chi connectivity index (χ3v) is 3.09. The maximum atomic E-state index is 11.6. The Hall–Kier alpha value is -1.18. The summed E-state index contributed by atoms with van der Waals surface area (Å²) in [7, 11) is 0. The lowest BCUT2D eigenvalue weighted by molar-refractivity contribution is -0.156. The van der Waals surface area contributed by atoms with E-state index in [9.17, 15) is 14.7 Å². The van der Waals surface area contributed by atoms with Crippen LogP contribution in [-0.2, 0) is 9.59 Å². The summed E-state index contributed by atoms with van der Waals surface area (Å²) in [5, 5.41) is 20.5. The van der Waals surface area contributed by atoms with E-state index in [4.69, 9.17) is 10.8 Å². The monoisotopic (exact) mass is 259 g/mol. The van der Waals surface area contributed by atoms with Crippen molar-refractivity contribution in [3.8, 4) is 0 Å². The highest BCUT2D eigenvalue weighted by molar-refractivity contribution is 5.81. The lowest BCUT2D eigenvalue weighted by Crippen LogP contribution is -2.50. The second kappa shape index (κ2) is 6.12. The first kappa shape index (κ1) is 14.9. The first-order valence-corrected chi connectivity index (χ1v) is 6.01. The summed E-state index contributed by atoms with van der Waals surface area (Å²) in [5.41, 5.74) is 3.82. The molecule has 0 bridgehead atoms. The van der Waals surface area contributed by atoms with Crippen molar-refractivity contribution in [3.63, 3.8) is 0 Å². The maximum absolute atomic E-state index is 11.6. The average molecular weight is 259 g/mol. The van der Waals surface area contributed by atoms with Gasteiger partial charge in [0.05, 0.1) is 13.1 Å². The quantitative estimate of drug-likeness (QED) is 0.471. The SMILES string of the molecule is CC(O)(CNC(=O)CN1CCC(N)CC1)C(=O)O. The fourth-order valence-corrected chi connectivity index (χ4v) is 1.72. The van der Waals surface area contributed by atoms with Crippen molar-refractivity contribution in [3.05, 3.63) is 0 Å². The summed E-state index contributed by atoms with van der Waals surface area (Å²) in [6.07, 6.45) is 1.72. The molecule has 0 saturated carbocycles. The molecular formula is C11H21N3O4. The Balaban J connectivity index is 2.28. The van der Waals surface area contributed by atoms with Crippen molar-refractivity contribution in [2.75, 3.05) is 26.2 Å². The van der Waals surface area contributed by atoms with E-state index >= 15 is 0 Å². The van der Waals surface area contributed by atoms with Crippen LogP contribution in [0.25, 0.3) is 0 Å². The topological polar surface area (TPSA) is 116 Å². The molecule has 0 aromatic heterocycles. The Bertz CT molecular complexity index is 311. The first-order chi connectivity index (χ1) is 8.31. The molecule has 1 rings (SSSR count). The minimum absolute atomic E-state index is 0.206. The number of amides is 1. The highest BCUT2D eigenvalue weighted by Gasteiger charge is 2.30. The zero-order valence-corrected chi connectivity index (χ0v) is 10.6. The summed E-state index contributed by atoms with van der Waals surface area (Å²) in [5.74, 6) is -1.64. The van der Waals surface area contributed by atoms with Gasteiger partial charge in [-0.05, 0) is 19.8 Å². The normalized spacial score (nSPS) is 21.3. The third kappa shape index (κ3) is 4.59. The molecule has 1 aliphatic heterocycles. The summed E-state index contributed by atoms with van der Waals surface area (Å²) < 4.78 is 0. The van der Waals surface area contributed by atoms with E-state index in [2.05, 4.69) is 5.32 Å². The Morgan fingerprint density at radius 2 is 2.00 bits per heavy atom. The molecule has 1 fully saturated rings. The molecule has 18 heavy (non-hydrogen) atoms. The lowest BCUT2D eigenvalue weighted by atomic mass is 10.1.